The standard InChI is InChI=1S/C13H20N2O2/c1-10(2)7-8-14-9-12-5-4-6-13(11(12)3)15(16)17/h4-6,10,14H,7-9H2,1-3H3. The van der Waals surface area contributed by atoms with Gasteiger partial charge in [0.05, 0.1) is 4.92 Å². The Morgan fingerprint density at radius 2 is 2.12 bits per heavy atom. The molecule has 17 heavy (non-hydrogen) atoms. The van der Waals surface area contributed by atoms with Crippen LogP contribution < -0.4 is 5.32 Å². The molecule has 1 aromatic carbocycles. The summed E-state index contributed by atoms with van der Waals surface area (Å²) in [5.74, 6) is 0.675. The lowest BCUT2D eigenvalue weighted by Gasteiger charge is -2.09. The number of nitro groups is 1. The zero-order valence-electron chi connectivity index (χ0n) is 10.7. The van der Waals surface area contributed by atoms with Crippen LogP contribution in [-0.2, 0) is 6.54 Å². The maximum absolute atomic E-state index is 10.8. The van der Waals surface area contributed by atoms with Crippen molar-refractivity contribution < 1.29 is 4.92 Å². The summed E-state index contributed by atoms with van der Waals surface area (Å²) in [5, 5.41) is 14.1. The Hall–Kier alpha value is -1.42. The van der Waals surface area contributed by atoms with Gasteiger partial charge in [-0.1, -0.05) is 26.0 Å². The van der Waals surface area contributed by atoms with Gasteiger partial charge < -0.3 is 5.32 Å². The average Bonchev–Trinajstić information content (AvgIpc) is 2.25. The van der Waals surface area contributed by atoms with Gasteiger partial charge in [-0.15, -0.1) is 0 Å². The molecule has 1 N–H and O–H groups in total. The van der Waals surface area contributed by atoms with Crippen LogP contribution in [0.3, 0.4) is 0 Å². The van der Waals surface area contributed by atoms with E-state index in [1.165, 1.54) is 0 Å². The highest BCUT2D eigenvalue weighted by Gasteiger charge is 2.12. The van der Waals surface area contributed by atoms with E-state index in [1.807, 2.05) is 6.07 Å². The summed E-state index contributed by atoms with van der Waals surface area (Å²) in [6, 6.07) is 5.22. The van der Waals surface area contributed by atoms with Crippen molar-refractivity contribution in [3.63, 3.8) is 0 Å². The van der Waals surface area contributed by atoms with Gasteiger partial charge >= 0.3 is 0 Å². The molecule has 0 unspecified atom stereocenters. The Morgan fingerprint density at radius 1 is 1.41 bits per heavy atom. The van der Waals surface area contributed by atoms with Crippen LogP contribution in [0.2, 0.25) is 0 Å². The van der Waals surface area contributed by atoms with Gasteiger partial charge in [0.2, 0.25) is 0 Å². The highest BCUT2D eigenvalue weighted by Crippen LogP contribution is 2.20. The van der Waals surface area contributed by atoms with E-state index in [1.54, 1.807) is 19.1 Å². The molecule has 0 aliphatic rings. The molecule has 0 saturated heterocycles. The Morgan fingerprint density at radius 3 is 2.71 bits per heavy atom. The first-order valence-electron chi connectivity index (χ1n) is 5.96. The minimum Gasteiger partial charge on any atom is -0.313 e. The van der Waals surface area contributed by atoms with Crippen LogP contribution in [-0.4, -0.2) is 11.5 Å². The molecule has 0 radical (unpaired) electrons. The number of rotatable bonds is 6. The van der Waals surface area contributed by atoms with Crippen molar-refractivity contribution >= 4 is 5.69 Å². The molecule has 0 atom stereocenters. The van der Waals surface area contributed by atoms with Crippen molar-refractivity contribution in [1.82, 2.24) is 5.32 Å². The summed E-state index contributed by atoms with van der Waals surface area (Å²) < 4.78 is 0. The predicted molar refractivity (Wildman–Crippen MR) is 69.0 cm³/mol. The molecule has 4 nitrogen and oxygen atoms in total. The van der Waals surface area contributed by atoms with Gasteiger partial charge in [0, 0.05) is 18.2 Å². The molecule has 94 valence electrons. The second kappa shape index (κ2) is 6.35. The zero-order chi connectivity index (χ0) is 12.8. The van der Waals surface area contributed by atoms with Crippen molar-refractivity contribution in [2.45, 2.75) is 33.7 Å². The van der Waals surface area contributed by atoms with Crippen LogP contribution in [0.15, 0.2) is 18.2 Å². The maximum atomic E-state index is 10.8. The van der Waals surface area contributed by atoms with E-state index in [-0.39, 0.29) is 10.6 Å². The van der Waals surface area contributed by atoms with Crippen molar-refractivity contribution in [2.24, 2.45) is 5.92 Å². The van der Waals surface area contributed by atoms with Crippen LogP contribution in [0.1, 0.15) is 31.4 Å². The second-order valence-electron chi connectivity index (χ2n) is 4.68. The van der Waals surface area contributed by atoms with Gasteiger partial charge in [0.15, 0.2) is 0 Å². The van der Waals surface area contributed by atoms with E-state index in [4.69, 9.17) is 0 Å². The van der Waals surface area contributed by atoms with E-state index < -0.39 is 0 Å². The molecule has 0 fully saturated rings. The molecule has 0 aliphatic heterocycles. The largest absolute Gasteiger partial charge is 0.313 e. The number of nitrogens with one attached hydrogen (secondary N) is 1. The lowest BCUT2D eigenvalue weighted by Crippen LogP contribution is -2.17. The number of hydrogen-bond acceptors (Lipinski definition) is 3. The van der Waals surface area contributed by atoms with Crippen LogP contribution in [0.25, 0.3) is 0 Å². The van der Waals surface area contributed by atoms with Gasteiger partial charge in [-0.2, -0.15) is 0 Å². The van der Waals surface area contributed by atoms with Crippen molar-refractivity contribution in [2.75, 3.05) is 6.54 Å². The van der Waals surface area contributed by atoms with E-state index in [9.17, 15) is 10.1 Å². The summed E-state index contributed by atoms with van der Waals surface area (Å²) in [7, 11) is 0. The van der Waals surface area contributed by atoms with Crippen LogP contribution in [0.4, 0.5) is 5.69 Å². The topological polar surface area (TPSA) is 55.2 Å². The fourth-order valence-corrected chi connectivity index (χ4v) is 1.67. The lowest BCUT2D eigenvalue weighted by atomic mass is 10.1. The summed E-state index contributed by atoms with van der Waals surface area (Å²) in [4.78, 5) is 10.5. The third kappa shape index (κ3) is 4.15. The smallest absolute Gasteiger partial charge is 0.272 e. The molecule has 1 aromatic rings. The van der Waals surface area contributed by atoms with Crippen molar-refractivity contribution in [1.29, 1.82) is 0 Å². The molecule has 1 rings (SSSR count). The third-order valence-electron chi connectivity index (χ3n) is 2.83. The minimum atomic E-state index is -0.326. The molecule has 0 heterocycles. The van der Waals surface area contributed by atoms with E-state index in [2.05, 4.69) is 19.2 Å². The maximum Gasteiger partial charge on any atom is 0.272 e. The summed E-state index contributed by atoms with van der Waals surface area (Å²) in [6.45, 7) is 7.80. The van der Waals surface area contributed by atoms with Gasteiger partial charge in [-0.25, -0.2) is 0 Å². The van der Waals surface area contributed by atoms with Crippen LogP contribution in [0, 0.1) is 23.0 Å². The van der Waals surface area contributed by atoms with Gasteiger partial charge in [0.25, 0.3) is 5.69 Å². The van der Waals surface area contributed by atoms with Crippen molar-refractivity contribution in [3.05, 3.63) is 39.4 Å². The first-order valence-corrected chi connectivity index (χ1v) is 5.96. The number of benzene rings is 1. The molecular formula is C13H20N2O2. The number of nitro benzene ring substituents is 1. The minimum absolute atomic E-state index is 0.202. The Balaban J connectivity index is 2.59. The molecule has 0 aliphatic carbocycles. The fraction of sp³-hybridized carbons (Fsp3) is 0.538. The average molecular weight is 236 g/mol. The SMILES string of the molecule is Cc1c(CNCCC(C)C)cccc1[N+](=O)[O-]. The van der Waals surface area contributed by atoms with E-state index >= 15 is 0 Å². The van der Waals surface area contributed by atoms with Crippen LogP contribution >= 0.6 is 0 Å². The summed E-state index contributed by atoms with van der Waals surface area (Å²) >= 11 is 0. The van der Waals surface area contributed by atoms with Gasteiger partial charge in [-0.05, 0) is 31.4 Å². The molecule has 0 aromatic heterocycles. The highest BCUT2D eigenvalue weighted by molar-refractivity contribution is 5.44. The quantitative estimate of drug-likeness (QED) is 0.469. The van der Waals surface area contributed by atoms with Crippen molar-refractivity contribution in [3.8, 4) is 0 Å². The van der Waals surface area contributed by atoms with E-state index in [0.29, 0.717) is 12.5 Å². The zero-order valence-corrected chi connectivity index (χ0v) is 10.7. The molecule has 0 bridgehead atoms. The summed E-state index contributed by atoms with van der Waals surface area (Å²) in [6.07, 6.45) is 1.12. The van der Waals surface area contributed by atoms with Gasteiger partial charge in [0.1, 0.15) is 0 Å². The Bertz CT molecular complexity index is 389. The third-order valence-corrected chi connectivity index (χ3v) is 2.83. The Labute approximate surface area is 102 Å². The Kier molecular flexibility index (Phi) is 5.10. The number of nitrogens with zero attached hydrogens (tertiary/aromatic N) is 1. The first-order chi connectivity index (χ1) is 8.02. The fourth-order valence-electron chi connectivity index (χ4n) is 1.67. The molecular weight excluding hydrogens is 216 g/mol. The van der Waals surface area contributed by atoms with E-state index in [0.717, 1.165) is 24.1 Å². The first kappa shape index (κ1) is 13.6. The summed E-state index contributed by atoms with van der Waals surface area (Å²) in [5.41, 5.74) is 1.96. The normalized spacial score (nSPS) is 10.8. The molecule has 0 spiro atoms. The van der Waals surface area contributed by atoms with Crippen LogP contribution in [0.5, 0.6) is 0 Å². The monoisotopic (exact) mass is 236 g/mol. The number of hydrogen-bond donors (Lipinski definition) is 1. The second-order valence-corrected chi connectivity index (χ2v) is 4.68. The molecule has 0 amide bonds. The lowest BCUT2D eigenvalue weighted by molar-refractivity contribution is -0.385. The van der Waals surface area contributed by atoms with Gasteiger partial charge in [-0.3, -0.25) is 10.1 Å². The highest BCUT2D eigenvalue weighted by atomic mass is 16.6. The predicted octanol–water partition coefficient (Wildman–Crippen LogP) is 3.04. The molecule has 4 heteroatoms. The molecule has 0 saturated carbocycles.